The SMILES string of the molecule is C=C1NN=C(Cc2ccc(F)c(C(=O)N3CC(N(C)C)n4c(nnc4C(F)(F)F)C3C)c2)c2ccccc21. The molecule has 2 unspecified atom stereocenters. The first-order chi connectivity index (χ1) is 18.0. The molecule has 12 heteroatoms. The molecule has 0 saturated carbocycles. The van der Waals surface area contributed by atoms with Crippen LogP contribution in [0.1, 0.15) is 57.8 Å². The van der Waals surface area contributed by atoms with E-state index in [0.29, 0.717) is 23.4 Å². The van der Waals surface area contributed by atoms with Crippen LogP contribution in [-0.4, -0.2) is 56.8 Å². The minimum atomic E-state index is -4.71. The lowest BCUT2D eigenvalue weighted by Gasteiger charge is -2.41. The minimum Gasteiger partial charge on any atom is -0.325 e. The molecule has 3 aromatic rings. The quantitative estimate of drug-likeness (QED) is 0.514. The molecule has 198 valence electrons. The Balaban J connectivity index is 1.47. The number of fused-ring (bicyclic) bond motifs is 2. The van der Waals surface area contributed by atoms with Gasteiger partial charge >= 0.3 is 6.18 Å². The van der Waals surface area contributed by atoms with E-state index in [2.05, 4.69) is 27.3 Å². The summed E-state index contributed by atoms with van der Waals surface area (Å²) in [7, 11) is 3.19. The molecule has 2 aliphatic rings. The lowest BCUT2D eigenvalue weighted by atomic mass is 9.94. The molecule has 0 bridgehead atoms. The minimum absolute atomic E-state index is 0.0216. The highest BCUT2D eigenvalue weighted by atomic mass is 19.4. The van der Waals surface area contributed by atoms with Gasteiger partial charge in [-0.15, -0.1) is 10.2 Å². The monoisotopic (exact) mass is 527 g/mol. The van der Waals surface area contributed by atoms with Gasteiger partial charge < -0.3 is 4.90 Å². The number of hydrogen-bond donors (Lipinski definition) is 1. The highest BCUT2D eigenvalue weighted by Gasteiger charge is 2.45. The van der Waals surface area contributed by atoms with Crippen molar-refractivity contribution in [3.8, 4) is 0 Å². The van der Waals surface area contributed by atoms with Crippen LogP contribution < -0.4 is 5.43 Å². The summed E-state index contributed by atoms with van der Waals surface area (Å²) in [6, 6.07) is 11.0. The number of hydrazone groups is 1. The molecule has 0 radical (unpaired) electrons. The Labute approximate surface area is 216 Å². The Bertz CT molecular complexity index is 1460. The first kappa shape index (κ1) is 25.6. The third-order valence-corrected chi connectivity index (χ3v) is 6.85. The van der Waals surface area contributed by atoms with Crippen LogP contribution in [0.2, 0.25) is 0 Å². The second kappa shape index (κ2) is 9.35. The van der Waals surface area contributed by atoms with Crippen LogP contribution in [0, 0.1) is 5.82 Å². The highest BCUT2D eigenvalue weighted by Crippen LogP contribution is 2.38. The molecule has 2 atom stereocenters. The fourth-order valence-electron chi connectivity index (χ4n) is 4.87. The molecular formula is C26H25F4N7O. The van der Waals surface area contributed by atoms with Gasteiger partial charge in [0, 0.05) is 17.5 Å². The van der Waals surface area contributed by atoms with Crippen LogP contribution in [0.3, 0.4) is 0 Å². The van der Waals surface area contributed by atoms with E-state index in [1.165, 1.54) is 17.0 Å². The number of halogens is 4. The summed E-state index contributed by atoms with van der Waals surface area (Å²) in [4.78, 5) is 16.5. The van der Waals surface area contributed by atoms with Crippen LogP contribution in [0.5, 0.6) is 0 Å². The average molecular weight is 528 g/mol. The van der Waals surface area contributed by atoms with Gasteiger partial charge in [0.15, 0.2) is 5.82 Å². The number of amides is 1. The van der Waals surface area contributed by atoms with Gasteiger partial charge in [-0.1, -0.05) is 36.9 Å². The number of benzene rings is 2. The normalized spacial score (nSPS) is 19.1. The molecule has 8 nitrogen and oxygen atoms in total. The van der Waals surface area contributed by atoms with Gasteiger partial charge in [0.25, 0.3) is 5.91 Å². The molecule has 0 aliphatic carbocycles. The van der Waals surface area contributed by atoms with E-state index in [9.17, 15) is 22.4 Å². The van der Waals surface area contributed by atoms with Gasteiger partial charge in [0.1, 0.15) is 12.0 Å². The average Bonchev–Trinajstić information content (AvgIpc) is 3.33. The maximum Gasteiger partial charge on any atom is 0.451 e. The van der Waals surface area contributed by atoms with Crippen LogP contribution in [0.25, 0.3) is 5.70 Å². The smallest absolute Gasteiger partial charge is 0.325 e. The number of likely N-dealkylation sites (N-methyl/N-ethyl adjacent to an activating group) is 1. The van der Waals surface area contributed by atoms with E-state index in [4.69, 9.17) is 0 Å². The maximum atomic E-state index is 15.0. The van der Waals surface area contributed by atoms with Crippen LogP contribution in [-0.2, 0) is 12.6 Å². The predicted molar refractivity (Wildman–Crippen MR) is 132 cm³/mol. The fraction of sp³-hybridized carbons (Fsp3) is 0.308. The van der Waals surface area contributed by atoms with Gasteiger partial charge in [-0.25, -0.2) is 4.39 Å². The van der Waals surface area contributed by atoms with Crippen LogP contribution >= 0.6 is 0 Å². The van der Waals surface area contributed by atoms with Crippen molar-refractivity contribution in [3.05, 3.63) is 88.8 Å². The fourth-order valence-corrected chi connectivity index (χ4v) is 4.87. The third kappa shape index (κ3) is 4.34. The van der Waals surface area contributed by atoms with Crippen molar-refractivity contribution >= 4 is 17.3 Å². The molecule has 1 aromatic heterocycles. The Morgan fingerprint density at radius 3 is 2.55 bits per heavy atom. The standard InChI is InChI=1S/C26H25F4N7O/c1-14-17-7-5-6-8-18(17)21(32-31-14)12-16-9-10-20(27)19(11-16)24(38)36-13-22(35(3)4)37-23(15(36)2)33-34-25(37)26(28,29)30/h5-11,15,22,31H,1,12-13H2,2-4H3. The molecule has 2 aliphatic heterocycles. The van der Waals surface area contributed by atoms with E-state index >= 15 is 0 Å². The number of alkyl halides is 3. The third-order valence-electron chi connectivity index (χ3n) is 6.85. The molecule has 0 saturated heterocycles. The van der Waals surface area contributed by atoms with Gasteiger partial charge in [0.05, 0.1) is 29.6 Å². The largest absolute Gasteiger partial charge is 0.451 e. The molecule has 3 heterocycles. The van der Waals surface area contributed by atoms with E-state index in [0.717, 1.165) is 15.7 Å². The van der Waals surface area contributed by atoms with Crippen molar-refractivity contribution in [2.24, 2.45) is 5.10 Å². The number of nitrogens with zero attached hydrogens (tertiary/aromatic N) is 6. The Hall–Kier alpha value is -4.06. The first-order valence-electron chi connectivity index (χ1n) is 11.9. The first-order valence-corrected chi connectivity index (χ1v) is 11.9. The summed E-state index contributed by atoms with van der Waals surface area (Å²) in [6.07, 6.45) is -5.29. The van der Waals surface area contributed by atoms with E-state index in [1.807, 2.05) is 24.3 Å². The zero-order valence-electron chi connectivity index (χ0n) is 20.9. The van der Waals surface area contributed by atoms with E-state index < -0.39 is 35.9 Å². The summed E-state index contributed by atoms with van der Waals surface area (Å²) in [6.45, 7) is 5.40. The second-order valence-electron chi connectivity index (χ2n) is 9.51. The number of carbonyl (C=O) groups is 1. The van der Waals surface area contributed by atoms with Crippen LogP contribution in [0.15, 0.2) is 54.1 Å². The van der Waals surface area contributed by atoms with Crippen molar-refractivity contribution in [2.45, 2.75) is 31.7 Å². The zero-order valence-corrected chi connectivity index (χ0v) is 20.9. The molecule has 38 heavy (non-hydrogen) atoms. The van der Waals surface area contributed by atoms with Crippen molar-refractivity contribution in [3.63, 3.8) is 0 Å². The summed E-state index contributed by atoms with van der Waals surface area (Å²) in [5, 5.41) is 11.5. The van der Waals surface area contributed by atoms with Gasteiger partial charge in [-0.2, -0.15) is 18.3 Å². The van der Waals surface area contributed by atoms with Gasteiger partial charge in [0.2, 0.25) is 5.82 Å². The summed E-state index contributed by atoms with van der Waals surface area (Å²) < 4.78 is 56.8. The lowest BCUT2D eigenvalue weighted by Crippen LogP contribution is -2.48. The molecule has 2 aromatic carbocycles. The predicted octanol–water partition coefficient (Wildman–Crippen LogP) is 4.23. The number of nitrogens with one attached hydrogen (secondary N) is 1. The van der Waals surface area contributed by atoms with Crippen molar-refractivity contribution in [1.29, 1.82) is 0 Å². The molecule has 0 fully saturated rings. The van der Waals surface area contributed by atoms with Crippen LogP contribution in [0.4, 0.5) is 17.6 Å². The van der Waals surface area contributed by atoms with Crippen molar-refractivity contribution in [1.82, 2.24) is 30.0 Å². The molecule has 1 N–H and O–H groups in total. The van der Waals surface area contributed by atoms with Crippen molar-refractivity contribution in [2.75, 3.05) is 20.6 Å². The second-order valence-corrected chi connectivity index (χ2v) is 9.51. The summed E-state index contributed by atoms with van der Waals surface area (Å²) in [5.74, 6) is -2.54. The zero-order chi connectivity index (χ0) is 27.4. The van der Waals surface area contributed by atoms with E-state index in [-0.39, 0.29) is 17.9 Å². The molecule has 1 amide bonds. The summed E-state index contributed by atoms with van der Waals surface area (Å²) >= 11 is 0. The Morgan fingerprint density at radius 2 is 1.87 bits per heavy atom. The molecule has 0 spiro atoms. The molecule has 5 rings (SSSR count). The Kier molecular flexibility index (Phi) is 6.30. The summed E-state index contributed by atoms with van der Waals surface area (Å²) in [5.41, 5.74) is 6.50. The number of rotatable bonds is 4. The maximum absolute atomic E-state index is 15.0. The number of aromatic nitrogens is 3. The number of hydrogen-bond acceptors (Lipinski definition) is 6. The van der Waals surface area contributed by atoms with Gasteiger partial charge in [-0.3, -0.25) is 19.7 Å². The highest BCUT2D eigenvalue weighted by molar-refractivity contribution is 6.07. The van der Waals surface area contributed by atoms with Gasteiger partial charge in [-0.05, 0) is 38.7 Å². The molecular weight excluding hydrogens is 502 g/mol. The topological polar surface area (TPSA) is 78.7 Å². The lowest BCUT2D eigenvalue weighted by molar-refractivity contribution is -0.150. The number of carbonyl (C=O) groups excluding carboxylic acids is 1. The Morgan fingerprint density at radius 1 is 1.16 bits per heavy atom. The van der Waals surface area contributed by atoms with E-state index in [1.54, 1.807) is 32.0 Å². The van der Waals surface area contributed by atoms with Crippen molar-refractivity contribution < 1.29 is 22.4 Å².